The van der Waals surface area contributed by atoms with E-state index >= 15 is 0 Å². The van der Waals surface area contributed by atoms with Gasteiger partial charge in [0, 0.05) is 12.3 Å². The second-order valence-corrected chi connectivity index (χ2v) is 10.9. The molecule has 1 aromatic rings. The molecule has 0 aromatic heterocycles. The van der Waals surface area contributed by atoms with Crippen molar-refractivity contribution in [2.24, 2.45) is 46.7 Å². The minimum absolute atomic E-state index is 0.0264. The van der Waals surface area contributed by atoms with Crippen LogP contribution in [0.1, 0.15) is 64.2 Å². The van der Waals surface area contributed by atoms with E-state index in [1.165, 1.54) is 32.1 Å². The highest BCUT2D eigenvalue weighted by Gasteiger charge is 2.57. The smallest absolute Gasteiger partial charge is 0.225 e. The first-order valence-corrected chi connectivity index (χ1v) is 12.2. The molecule has 5 aliphatic carbocycles. The predicted octanol–water partition coefficient (Wildman–Crippen LogP) is 4.76. The number of rotatable bonds is 7. The zero-order valence-corrected chi connectivity index (χ0v) is 18.6. The molecule has 1 aromatic carbocycles. The number of hydrogen-bond donors (Lipinski definition) is 2. The van der Waals surface area contributed by atoms with Crippen LogP contribution >= 0.6 is 0 Å². The highest BCUT2D eigenvalue weighted by Crippen LogP contribution is 2.62. The average molecular weight is 425 g/mol. The Hall–Kier alpha value is -2.04. The van der Waals surface area contributed by atoms with E-state index in [9.17, 15) is 9.59 Å². The lowest BCUT2D eigenvalue weighted by Gasteiger charge is -2.58. The van der Waals surface area contributed by atoms with Gasteiger partial charge in [-0.1, -0.05) is 25.0 Å². The molecule has 5 aliphatic rings. The Balaban J connectivity index is 1.40. The lowest BCUT2D eigenvalue weighted by molar-refractivity contribution is -0.144. The Morgan fingerprint density at radius 1 is 1.06 bits per heavy atom. The van der Waals surface area contributed by atoms with E-state index in [1.54, 1.807) is 7.11 Å². The molecule has 0 heterocycles. The number of hydrogen-bond acceptors (Lipinski definition) is 3. The van der Waals surface area contributed by atoms with Gasteiger partial charge >= 0.3 is 0 Å². The number of methoxy groups -OCH3 is 1. The number of primary amides is 1. The van der Waals surface area contributed by atoms with Crippen molar-refractivity contribution in [3.05, 3.63) is 24.3 Å². The summed E-state index contributed by atoms with van der Waals surface area (Å²) in [5.74, 6) is 3.65. The van der Waals surface area contributed by atoms with Gasteiger partial charge in [0.25, 0.3) is 0 Å². The fourth-order valence-corrected chi connectivity index (χ4v) is 8.35. The number of para-hydroxylation sites is 2. The van der Waals surface area contributed by atoms with E-state index in [0.717, 1.165) is 37.5 Å². The maximum Gasteiger partial charge on any atom is 0.225 e. The largest absolute Gasteiger partial charge is 0.495 e. The van der Waals surface area contributed by atoms with Gasteiger partial charge in [0.15, 0.2) is 0 Å². The van der Waals surface area contributed by atoms with Crippen LogP contribution in [-0.4, -0.2) is 18.9 Å². The lowest BCUT2D eigenvalue weighted by Crippen LogP contribution is -2.54. The molecular weight excluding hydrogens is 388 g/mol. The van der Waals surface area contributed by atoms with Gasteiger partial charge in [-0.25, -0.2) is 0 Å². The van der Waals surface area contributed by atoms with Crippen molar-refractivity contribution in [1.82, 2.24) is 0 Å². The first-order chi connectivity index (χ1) is 15.0. The Morgan fingerprint density at radius 3 is 2.26 bits per heavy atom. The number of carbonyl (C=O) groups is 2. The molecule has 5 fully saturated rings. The van der Waals surface area contributed by atoms with Crippen LogP contribution in [0.4, 0.5) is 5.69 Å². The van der Waals surface area contributed by atoms with Crippen LogP contribution < -0.4 is 15.8 Å². The van der Waals surface area contributed by atoms with Crippen LogP contribution in [0.3, 0.4) is 0 Å². The summed E-state index contributed by atoms with van der Waals surface area (Å²) in [7, 11) is 1.61. The van der Waals surface area contributed by atoms with E-state index in [1.807, 2.05) is 24.3 Å². The van der Waals surface area contributed by atoms with Gasteiger partial charge < -0.3 is 15.8 Å². The number of anilines is 1. The van der Waals surface area contributed by atoms with Crippen molar-refractivity contribution in [2.75, 3.05) is 12.4 Å². The quantitative estimate of drug-likeness (QED) is 0.662. The Morgan fingerprint density at radius 2 is 1.68 bits per heavy atom. The molecule has 1 unspecified atom stereocenters. The van der Waals surface area contributed by atoms with Crippen LogP contribution in [0.2, 0.25) is 0 Å². The van der Waals surface area contributed by atoms with Crippen molar-refractivity contribution >= 4 is 17.5 Å². The molecule has 31 heavy (non-hydrogen) atoms. The molecule has 5 saturated carbocycles. The monoisotopic (exact) mass is 424 g/mol. The van der Waals surface area contributed by atoms with Gasteiger partial charge in [-0.15, -0.1) is 0 Å². The third-order valence-corrected chi connectivity index (χ3v) is 9.14. The van der Waals surface area contributed by atoms with Gasteiger partial charge in [0.2, 0.25) is 11.8 Å². The number of ether oxygens (including phenoxy) is 1. The molecule has 2 amide bonds. The van der Waals surface area contributed by atoms with Gasteiger partial charge in [0.05, 0.1) is 12.8 Å². The van der Waals surface area contributed by atoms with Crippen molar-refractivity contribution < 1.29 is 14.3 Å². The van der Waals surface area contributed by atoms with E-state index in [0.29, 0.717) is 35.6 Å². The summed E-state index contributed by atoms with van der Waals surface area (Å²) in [5.41, 5.74) is 6.56. The summed E-state index contributed by atoms with van der Waals surface area (Å²) in [5, 5.41) is 3.06. The Labute approximate surface area is 185 Å². The summed E-state index contributed by atoms with van der Waals surface area (Å²) < 4.78 is 5.40. The molecule has 3 N–H and O–H groups in total. The fraction of sp³-hybridized carbons (Fsp3) is 0.692. The molecule has 0 radical (unpaired) electrons. The standard InChI is InChI=1S/C26H36N2O3/c1-31-21-7-3-2-6-20(21)28-22(29)15-26(8-4-5-9-26)24(25(27)30)23-18-11-16-10-17(13-18)14-19(23)12-16/h2-3,6-7,16-19,23-24H,4-5,8-15H2,1H3,(H2,27,30)(H,28,29). The van der Waals surface area contributed by atoms with Crippen molar-refractivity contribution in [2.45, 2.75) is 64.2 Å². The summed E-state index contributed by atoms with van der Waals surface area (Å²) >= 11 is 0. The highest BCUT2D eigenvalue weighted by molar-refractivity contribution is 5.93. The lowest BCUT2D eigenvalue weighted by atomic mass is 9.46. The van der Waals surface area contributed by atoms with Crippen molar-refractivity contribution in [3.8, 4) is 5.75 Å². The third kappa shape index (κ3) is 3.74. The molecule has 168 valence electrons. The molecule has 5 nitrogen and oxygen atoms in total. The van der Waals surface area contributed by atoms with Gasteiger partial charge in [-0.05, 0) is 92.1 Å². The van der Waals surface area contributed by atoms with Crippen LogP contribution in [0.25, 0.3) is 0 Å². The van der Waals surface area contributed by atoms with Gasteiger partial charge in [-0.2, -0.15) is 0 Å². The van der Waals surface area contributed by atoms with Gasteiger partial charge in [0.1, 0.15) is 5.75 Å². The molecule has 1 atom stereocenters. The second-order valence-electron chi connectivity index (χ2n) is 10.9. The number of nitrogens with two attached hydrogens (primary N) is 1. The third-order valence-electron chi connectivity index (χ3n) is 9.14. The fourth-order valence-electron chi connectivity index (χ4n) is 8.35. The van der Waals surface area contributed by atoms with E-state index < -0.39 is 0 Å². The first kappa shape index (κ1) is 20.8. The van der Waals surface area contributed by atoms with E-state index in [4.69, 9.17) is 10.5 Å². The molecule has 4 bridgehead atoms. The Kier molecular flexibility index (Phi) is 5.47. The minimum atomic E-state index is -0.294. The first-order valence-electron chi connectivity index (χ1n) is 12.2. The van der Waals surface area contributed by atoms with E-state index in [-0.39, 0.29) is 23.1 Å². The zero-order chi connectivity index (χ0) is 21.6. The van der Waals surface area contributed by atoms with Crippen LogP contribution in [0.15, 0.2) is 24.3 Å². The van der Waals surface area contributed by atoms with Crippen LogP contribution in [0.5, 0.6) is 5.75 Å². The molecular formula is C26H36N2O3. The van der Waals surface area contributed by atoms with Crippen molar-refractivity contribution in [3.63, 3.8) is 0 Å². The maximum atomic E-state index is 13.2. The van der Waals surface area contributed by atoms with Gasteiger partial charge in [-0.3, -0.25) is 9.59 Å². The number of nitrogens with one attached hydrogen (secondary N) is 1. The molecule has 5 heteroatoms. The predicted molar refractivity (Wildman–Crippen MR) is 120 cm³/mol. The summed E-state index contributed by atoms with van der Waals surface area (Å²) in [6.45, 7) is 0. The SMILES string of the molecule is COc1ccccc1NC(=O)CC1(C(C(N)=O)C2C3CC4CC(C3)CC2C4)CCCC1. The zero-order valence-electron chi connectivity index (χ0n) is 18.6. The molecule has 0 spiro atoms. The van der Waals surface area contributed by atoms with Crippen LogP contribution in [0, 0.1) is 40.9 Å². The Bertz CT molecular complexity index is 817. The van der Waals surface area contributed by atoms with Crippen LogP contribution in [-0.2, 0) is 9.59 Å². The number of benzene rings is 1. The van der Waals surface area contributed by atoms with Crippen molar-refractivity contribution in [1.29, 1.82) is 0 Å². The second kappa shape index (κ2) is 8.14. The normalized spacial score (nSPS) is 33.8. The number of amides is 2. The number of carbonyl (C=O) groups excluding carboxylic acids is 2. The minimum Gasteiger partial charge on any atom is -0.495 e. The van der Waals surface area contributed by atoms with E-state index in [2.05, 4.69) is 5.32 Å². The highest BCUT2D eigenvalue weighted by atomic mass is 16.5. The molecule has 6 rings (SSSR count). The average Bonchev–Trinajstić information content (AvgIpc) is 3.18. The maximum absolute atomic E-state index is 13.2. The molecule has 0 saturated heterocycles. The topological polar surface area (TPSA) is 81.4 Å². The summed E-state index contributed by atoms with van der Waals surface area (Å²) in [4.78, 5) is 26.3. The summed E-state index contributed by atoms with van der Waals surface area (Å²) in [6.07, 6.45) is 10.9. The summed E-state index contributed by atoms with van der Waals surface area (Å²) in [6, 6.07) is 7.50. The molecule has 0 aliphatic heterocycles.